The highest BCUT2D eigenvalue weighted by atomic mass is 16.5. The van der Waals surface area contributed by atoms with Crippen molar-refractivity contribution in [1.29, 1.82) is 0 Å². The molecular weight excluding hydrogens is 250 g/mol. The van der Waals surface area contributed by atoms with Gasteiger partial charge in [0, 0.05) is 6.54 Å². The minimum Gasteiger partial charge on any atom is -0.339 e. The Hall–Kier alpha value is -1.68. The molecule has 2 aromatic rings. The van der Waals surface area contributed by atoms with Gasteiger partial charge in [0.25, 0.3) is 0 Å². The lowest BCUT2D eigenvalue weighted by molar-refractivity contribution is 0.270. The van der Waals surface area contributed by atoms with Crippen LogP contribution in [0, 0.1) is 0 Å². The molecule has 1 atom stereocenters. The normalized spacial score (nSPS) is 24.5. The Bertz CT molecular complexity index is 583. The van der Waals surface area contributed by atoms with Gasteiger partial charge in [-0.1, -0.05) is 41.9 Å². The Balaban J connectivity index is 1.68. The molecule has 4 nitrogen and oxygen atoms in total. The van der Waals surface area contributed by atoms with Crippen molar-refractivity contribution in [3.63, 3.8) is 0 Å². The number of nitrogens with zero attached hydrogens (tertiary/aromatic N) is 2. The average Bonchev–Trinajstić information content (AvgIpc) is 3.09. The maximum absolute atomic E-state index is 5.55. The first-order valence-electron chi connectivity index (χ1n) is 7.49. The van der Waals surface area contributed by atoms with E-state index < -0.39 is 0 Å². The van der Waals surface area contributed by atoms with Crippen molar-refractivity contribution >= 4 is 0 Å². The Morgan fingerprint density at radius 1 is 1.20 bits per heavy atom. The summed E-state index contributed by atoms with van der Waals surface area (Å²) in [6, 6.07) is 10.6. The van der Waals surface area contributed by atoms with E-state index >= 15 is 0 Å². The zero-order chi connectivity index (χ0) is 13.4. The van der Waals surface area contributed by atoms with E-state index in [1.54, 1.807) is 0 Å². The fraction of sp³-hybridized carbons (Fsp3) is 0.500. The molecule has 2 aliphatic rings. The van der Waals surface area contributed by atoms with E-state index in [4.69, 9.17) is 9.51 Å². The quantitative estimate of drug-likeness (QED) is 0.930. The van der Waals surface area contributed by atoms with Crippen molar-refractivity contribution in [1.82, 2.24) is 15.5 Å². The molecule has 1 saturated carbocycles. The minimum absolute atomic E-state index is 0.00492. The van der Waals surface area contributed by atoms with Crippen LogP contribution in [0.2, 0.25) is 0 Å². The summed E-state index contributed by atoms with van der Waals surface area (Å²) in [6.45, 7) is 2.01. The number of aromatic nitrogens is 2. The highest BCUT2D eigenvalue weighted by Gasteiger charge is 2.44. The van der Waals surface area contributed by atoms with Crippen LogP contribution in [0.25, 0.3) is 0 Å². The number of hydrogen-bond acceptors (Lipinski definition) is 4. The molecule has 1 N–H and O–H groups in total. The molecule has 4 heteroatoms. The van der Waals surface area contributed by atoms with Crippen LogP contribution in [0.3, 0.4) is 0 Å². The van der Waals surface area contributed by atoms with E-state index in [2.05, 4.69) is 40.8 Å². The van der Waals surface area contributed by atoms with Crippen molar-refractivity contribution in [3.8, 4) is 0 Å². The van der Waals surface area contributed by atoms with Gasteiger partial charge < -0.3 is 9.84 Å². The van der Waals surface area contributed by atoms with Gasteiger partial charge in [0.1, 0.15) is 0 Å². The molecule has 1 unspecified atom stereocenters. The van der Waals surface area contributed by atoms with Crippen molar-refractivity contribution in [3.05, 3.63) is 47.6 Å². The second kappa shape index (κ2) is 4.70. The number of hydrogen-bond donors (Lipinski definition) is 1. The lowest BCUT2D eigenvalue weighted by Gasteiger charge is -2.39. The fourth-order valence-electron chi connectivity index (χ4n) is 3.39. The third kappa shape index (κ3) is 1.79. The van der Waals surface area contributed by atoms with E-state index in [0.717, 1.165) is 44.1 Å². The van der Waals surface area contributed by atoms with Gasteiger partial charge in [-0.25, -0.2) is 0 Å². The summed E-state index contributed by atoms with van der Waals surface area (Å²) >= 11 is 0. The summed E-state index contributed by atoms with van der Waals surface area (Å²) in [4.78, 5) is 4.75. The standard InChI is InChI=1S/C16H19N3O/c1-2-5-13(6-3-1)16(8-4-9-16)15-18-14(20-19-15)12-7-10-17-11-12/h1-3,5-6,12,17H,4,7-11H2. The SMILES string of the molecule is c1ccc(C2(c3noc(C4CCNC4)n3)CCC2)cc1. The van der Waals surface area contributed by atoms with Crippen molar-refractivity contribution in [2.45, 2.75) is 37.0 Å². The number of nitrogens with one attached hydrogen (secondary N) is 1. The van der Waals surface area contributed by atoms with Crippen LogP contribution < -0.4 is 5.32 Å². The summed E-state index contributed by atoms with van der Waals surface area (Å²) in [5.41, 5.74) is 1.32. The zero-order valence-electron chi connectivity index (χ0n) is 11.5. The smallest absolute Gasteiger partial charge is 0.231 e. The van der Waals surface area contributed by atoms with E-state index in [1.165, 1.54) is 12.0 Å². The first-order chi connectivity index (χ1) is 9.88. The molecule has 0 radical (unpaired) electrons. The van der Waals surface area contributed by atoms with E-state index in [9.17, 15) is 0 Å². The summed E-state index contributed by atoms with van der Waals surface area (Å²) in [5, 5.41) is 7.67. The van der Waals surface area contributed by atoms with Crippen molar-refractivity contribution in [2.75, 3.05) is 13.1 Å². The molecule has 1 saturated heterocycles. The van der Waals surface area contributed by atoms with Gasteiger partial charge in [0.05, 0.1) is 11.3 Å². The minimum atomic E-state index is -0.00492. The predicted molar refractivity (Wildman–Crippen MR) is 75.6 cm³/mol. The third-order valence-electron chi connectivity index (χ3n) is 4.81. The van der Waals surface area contributed by atoms with Crippen LogP contribution in [-0.2, 0) is 5.41 Å². The van der Waals surface area contributed by atoms with Gasteiger partial charge in [0.2, 0.25) is 5.89 Å². The third-order valence-corrected chi connectivity index (χ3v) is 4.81. The molecule has 1 aliphatic carbocycles. The summed E-state index contributed by atoms with van der Waals surface area (Å²) in [6.07, 6.45) is 4.58. The Morgan fingerprint density at radius 3 is 2.70 bits per heavy atom. The second-order valence-corrected chi connectivity index (χ2v) is 5.95. The van der Waals surface area contributed by atoms with Crippen LogP contribution >= 0.6 is 0 Å². The Labute approximate surface area is 118 Å². The predicted octanol–water partition coefficient (Wildman–Crippen LogP) is 2.62. The summed E-state index contributed by atoms with van der Waals surface area (Å²) in [5.74, 6) is 2.09. The van der Waals surface area contributed by atoms with E-state index in [0.29, 0.717) is 5.92 Å². The molecule has 0 spiro atoms. The molecule has 1 aromatic heterocycles. The van der Waals surface area contributed by atoms with Crippen LogP contribution in [0.5, 0.6) is 0 Å². The maximum Gasteiger partial charge on any atom is 0.231 e. The summed E-state index contributed by atoms with van der Waals surface area (Å²) in [7, 11) is 0. The first-order valence-corrected chi connectivity index (χ1v) is 7.49. The highest BCUT2D eigenvalue weighted by molar-refractivity contribution is 5.35. The van der Waals surface area contributed by atoms with Gasteiger partial charge in [-0.2, -0.15) is 4.98 Å². The van der Waals surface area contributed by atoms with Gasteiger partial charge in [-0.15, -0.1) is 0 Å². The van der Waals surface area contributed by atoms with Gasteiger partial charge in [-0.3, -0.25) is 0 Å². The molecule has 0 amide bonds. The highest BCUT2D eigenvalue weighted by Crippen LogP contribution is 2.47. The van der Waals surface area contributed by atoms with Crippen LogP contribution in [0.15, 0.2) is 34.9 Å². The van der Waals surface area contributed by atoms with E-state index in [1.807, 2.05) is 0 Å². The topological polar surface area (TPSA) is 51.0 Å². The lowest BCUT2D eigenvalue weighted by atomic mass is 9.64. The Morgan fingerprint density at radius 2 is 2.05 bits per heavy atom. The van der Waals surface area contributed by atoms with Crippen molar-refractivity contribution in [2.24, 2.45) is 0 Å². The van der Waals surface area contributed by atoms with Crippen LogP contribution in [-0.4, -0.2) is 23.2 Å². The largest absolute Gasteiger partial charge is 0.339 e. The monoisotopic (exact) mass is 269 g/mol. The number of rotatable bonds is 3. The van der Waals surface area contributed by atoms with Crippen LogP contribution in [0.4, 0.5) is 0 Å². The fourth-order valence-corrected chi connectivity index (χ4v) is 3.39. The van der Waals surface area contributed by atoms with Gasteiger partial charge in [0.15, 0.2) is 5.82 Å². The number of benzene rings is 1. The molecule has 4 rings (SSSR count). The lowest BCUT2D eigenvalue weighted by Crippen LogP contribution is -2.36. The molecule has 20 heavy (non-hydrogen) atoms. The average molecular weight is 269 g/mol. The van der Waals surface area contributed by atoms with Crippen molar-refractivity contribution < 1.29 is 4.52 Å². The van der Waals surface area contributed by atoms with Gasteiger partial charge in [-0.05, 0) is 31.4 Å². The zero-order valence-corrected chi connectivity index (χ0v) is 11.5. The van der Waals surface area contributed by atoms with Crippen LogP contribution in [0.1, 0.15) is 48.9 Å². The maximum atomic E-state index is 5.55. The molecule has 1 aromatic carbocycles. The van der Waals surface area contributed by atoms with Gasteiger partial charge >= 0.3 is 0 Å². The molecule has 0 bridgehead atoms. The molecule has 2 fully saturated rings. The molecule has 104 valence electrons. The molecule has 2 heterocycles. The molecular formula is C16H19N3O. The summed E-state index contributed by atoms with van der Waals surface area (Å²) < 4.78 is 5.55. The Kier molecular flexibility index (Phi) is 2.84. The molecule has 1 aliphatic heterocycles. The first kappa shape index (κ1) is 12.1. The van der Waals surface area contributed by atoms with E-state index in [-0.39, 0.29) is 5.41 Å². The second-order valence-electron chi connectivity index (χ2n) is 5.95.